The van der Waals surface area contributed by atoms with Crippen LogP contribution in [0.1, 0.15) is 36.2 Å². The summed E-state index contributed by atoms with van der Waals surface area (Å²) in [5.74, 6) is -0.00846. The van der Waals surface area contributed by atoms with Crippen LogP contribution in [0.4, 0.5) is 0 Å². The molecule has 1 fully saturated rings. The number of carbonyl (C=O) groups excluding carboxylic acids is 1. The summed E-state index contributed by atoms with van der Waals surface area (Å²) in [4.78, 5) is 27.2. The standard InChI is InChI=1S/C12H12N4O2S/c1-7(17)8-4-5-13-10(6-8)19-12-15-14-11(18)16(12)9-2-3-9/h4-6,9H,2-3H2,1H3,(H,14,18). The van der Waals surface area contributed by atoms with Crippen molar-refractivity contribution >= 4 is 17.5 Å². The SMILES string of the molecule is CC(=O)c1ccnc(Sc2n[nH]c(=O)n2C2CC2)c1. The minimum atomic E-state index is -0.187. The lowest BCUT2D eigenvalue weighted by Gasteiger charge is -2.03. The molecule has 2 aromatic heterocycles. The van der Waals surface area contributed by atoms with Crippen molar-refractivity contribution in [2.24, 2.45) is 0 Å². The van der Waals surface area contributed by atoms with Gasteiger partial charge in [-0.15, -0.1) is 5.10 Å². The van der Waals surface area contributed by atoms with Crippen molar-refractivity contribution in [3.05, 3.63) is 34.4 Å². The van der Waals surface area contributed by atoms with Gasteiger partial charge >= 0.3 is 5.69 Å². The lowest BCUT2D eigenvalue weighted by atomic mass is 10.2. The minimum absolute atomic E-state index is 0.00846. The van der Waals surface area contributed by atoms with E-state index in [9.17, 15) is 9.59 Å². The third-order valence-electron chi connectivity index (χ3n) is 2.92. The molecule has 2 aromatic rings. The van der Waals surface area contributed by atoms with Crippen molar-refractivity contribution in [2.45, 2.75) is 36.0 Å². The number of ketones is 1. The summed E-state index contributed by atoms with van der Waals surface area (Å²) in [5.41, 5.74) is 0.418. The highest BCUT2D eigenvalue weighted by Crippen LogP contribution is 2.37. The van der Waals surface area contributed by atoms with Crippen molar-refractivity contribution in [3.8, 4) is 0 Å². The Balaban J connectivity index is 1.91. The fraction of sp³-hybridized carbons (Fsp3) is 0.333. The highest BCUT2D eigenvalue weighted by atomic mass is 32.2. The van der Waals surface area contributed by atoms with Crippen molar-refractivity contribution in [2.75, 3.05) is 0 Å². The summed E-state index contributed by atoms with van der Waals surface area (Å²) in [6.45, 7) is 1.51. The van der Waals surface area contributed by atoms with Crippen LogP contribution in [0.3, 0.4) is 0 Å². The summed E-state index contributed by atoms with van der Waals surface area (Å²) in [6, 6.07) is 3.64. The zero-order valence-electron chi connectivity index (χ0n) is 10.3. The van der Waals surface area contributed by atoms with E-state index in [1.807, 2.05) is 0 Å². The Hall–Kier alpha value is -1.89. The highest BCUT2D eigenvalue weighted by Gasteiger charge is 2.28. The first-order valence-electron chi connectivity index (χ1n) is 5.97. The predicted octanol–water partition coefficient (Wildman–Crippen LogP) is 1.66. The van der Waals surface area contributed by atoms with E-state index < -0.39 is 0 Å². The van der Waals surface area contributed by atoms with Gasteiger partial charge in [-0.05, 0) is 43.7 Å². The fourth-order valence-corrected chi connectivity index (χ4v) is 2.70. The maximum absolute atomic E-state index is 11.6. The number of hydrogen-bond donors (Lipinski definition) is 1. The summed E-state index contributed by atoms with van der Waals surface area (Å²) in [6.07, 6.45) is 3.60. The molecule has 0 saturated heterocycles. The van der Waals surface area contributed by atoms with E-state index in [0.717, 1.165) is 12.8 Å². The Morgan fingerprint density at radius 2 is 2.32 bits per heavy atom. The smallest absolute Gasteiger partial charge is 0.295 e. The maximum Gasteiger partial charge on any atom is 0.344 e. The van der Waals surface area contributed by atoms with Gasteiger partial charge in [-0.25, -0.2) is 14.9 Å². The Morgan fingerprint density at radius 3 is 3.00 bits per heavy atom. The molecule has 0 spiro atoms. The van der Waals surface area contributed by atoms with Gasteiger partial charge < -0.3 is 0 Å². The molecule has 0 aliphatic heterocycles. The second kappa shape index (κ2) is 4.65. The molecular formula is C12H12N4O2S. The number of carbonyl (C=O) groups is 1. The van der Waals surface area contributed by atoms with E-state index in [1.54, 1.807) is 22.9 Å². The van der Waals surface area contributed by atoms with Gasteiger partial charge in [-0.1, -0.05) is 0 Å². The second-order valence-corrected chi connectivity index (χ2v) is 5.44. The van der Waals surface area contributed by atoms with Gasteiger partial charge in [0.15, 0.2) is 10.9 Å². The zero-order chi connectivity index (χ0) is 13.4. The first-order valence-corrected chi connectivity index (χ1v) is 6.78. The van der Waals surface area contributed by atoms with E-state index in [0.29, 0.717) is 15.7 Å². The third kappa shape index (κ3) is 2.46. The van der Waals surface area contributed by atoms with Gasteiger partial charge in [0.05, 0.1) is 0 Å². The Labute approximate surface area is 113 Å². The summed E-state index contributed by atoms with van der Waals surface area (Å²) in [5, 5.41) is 7.73. The molecule has 2 heterocycles. The van der Waals surface area contributed by atoms with Crippen LogP contribution in [0.25, 0.3) is 0 Å². The number of Topliss-reactive ketones (excluding diaryl/α,β-unsaturated/α-hetero) is 1. The number of rotatable bonds is 4. The number of aromatic amines is 1. The van der Waals surface area contributed by atoms with Crippen LogP contribution in [0, 0.1) is 0 Å². The number of pyridine rings is 1. The molecule has 3 rings (SSSR count). The van der Waals surface area contributed by atoms with Crippen molar-refractivity contribution in [1.29, 1.82) is 0 Å². The molecule has 19 heavy (non-hydrogen) atoms. The number of H-pyrrole nitrogens is 1. The Bertz CT molecular complexity index is 687. The van der Waals surface area contributed by atoms with Gasteiger partial charge in [0.25, 0.3) is 0 Å². The molecule has 0 amide bonds. The zero-order valence-corrected chi connectivity index (χ0v) is 11.1. The number of hydrogen-bond acceptors (Lipinski definition) is 5. The Morgan fingerprint density at radius 1 is 1.53 bits per heavy atom. The molecule has 0 unspecified atom stereocenters. The number of aromatic nitrogens is 4. The third-order valence-corrected chi connectivity index (χ3v) is 3.82. The van der Waals surface area contributed by atoms with Gasteiger partial charge in [-0.3, -0.25) is 9.36 Å². The van der Waals surface area contributed by atoms with Crippen molar-refractivity contribution in [3.63, 3.8) is 0 Å². The minimum Gasteiger partial charge on any atom is -0.295 e. The van der Waals surface area contributed by atoms with Gasteiger partial charge in [-0.2, -0.15) is 0 Å². The van der Waals surface area contributed by atoms with Crippen LogP contribution in [-0.4, -0.2) is 25.5 Å². The average molecular weight is 276 g/mol. The first kappa shape index (κ1) is 12.2. The molecule has 0 atom stereocenters. The fourth-order valence-electron chi connectivity index (χ4n) is 1.79. The molecule has 98 valence electrons. The second-order valence-electron chi connectivity index (χ2n) is 4.45. The average Bonchev–Trinajstić information content (AvgIpc) is 3.15. The Kier molecular flexibility index (Phi) is 2.98. The number of nitrogens with zero attached hydrogens (tertiary/aromatic N) is 3. The van der Waals surface area contributed by atoms with Crippen LogP contribution in [0.5, 0.6) is 0 Å². The van der Waals surface area contributed by atoms with Crippen LogP contribution >= 0.6 is 11.8 Å². The maximum atomic E-state index is 11.6. The molecule has 1 N–H and O–H groups in total. The number of nitrogens with one attached hydrogen (secondary N) is 1. The van der Waals surface area contributed by atoms with Gasteiger partial charge in [0.1, 0.15) is 5.03 Å². The van der Waals surface area contributed by atoms with E-state index >= 15 is 0 Å². The monoisotopic (exact) mass is 276 g/mol. The van der Waals surface area contributed by atoms with Crippen molar-refractivity contribution in [1.82, 2.24) is 19.7 Å². The quantitative estimate of drug-likeness (QED) is 0.859. The molecule has 0 radical (unpaired) electrons. The molecule has 1 saturated carbocycles. The normalized spacial score (nSPS) is 14.6. The van der Waals surface area contributed by atoms with E-state index in [1.165, 1.54) is 18.7 Å². The van der Waals surface area contributed by atoms with Gasteiger partial charge in [0, 0.05) is 17.8 Å². The molecule has 1 aliphatic rings. The van der Waals surface area contributed by atoms with Crippen LogP contribution in [0.2, 0.25) is 0 Å². The first-order chi connectivity index (χ1) is 9.15. The molecule has 7 heteroatoms. The van der Waals surface area contributed by atoms with Crippen LogP contribution < -0.4 is 5.69 Å². The molecule has 0 aromatic carbocycles. The lowest BCUT2D eigenvalue weighted by molar-refractivity contribution is 0.101. The lowest BCUT2D eigenvalue weighted by Crippen LogP contribution is -2.16. The van der Waals surface area contributed by atoms with Crippen molar-refractivity contribution < 1.29 is 4.79 Å². The molecule has 6 nitrogen and oxygen atoms in total. The van der Waals surface area contributed by atoms with E-state index in [4.69, 9.17) is 0 Å². The topological polar surface area (TPSA) is 80.6 Å². The predicted molar refractivity (Wildman–Crippen MR) is 69.5 cm³/mol. The molecule has 0 bridgehead atoms. The van der Waals surface area contributed by atoms with E-state index in [-0.39, 0.29) is 17.5 Å². The van der Waals surface area contributed by atoms with E-state index in [2.05, 4.69) is 15.2 Å². The summed E-state index contributed by atoms with van der Waals surface area (Å²) >= 11 is 1.29. The largest absolute Gasteiger partial charge is 0.344 e. The molecular weight excluding hydrogens is 264 g/mol. The summed E-state index contributed by atoms with van der Waals surface area (Å²) < 4.78 is 1.66. The summed E-state index contributed by atoms with van der Waals surface area (Å²) in [7, 11) is 0. The highest BCUT2D eigenvalue weighted by molar-refractivity contribution is 7.99. The van der Waals surface area contributed by atoms with Crippen LogP contribution in [0.15, 0.2) is 33.3 Å². The van der Waals surface area contributed by atoms with Crippen LogP contribution in [-0.2, 0) is 0 Å². The van der Waals surface area contributed by atoms with Gasteiger partial charge in [0.2, 0.25) is 0 Å². The molecule has 1 aliphatic carbocycles.